The molecule has 0 atom stereocenters. The summed E-state index contributed by atoms with van der Waals surface area (Å²) in [6.45, 7) is 0. The molecule has 1 saturated carbocycles. The number of nitrogens with one attached hydrogen (secondary N) is 3. The molecule has 0 unspecified atom stereocenters. The highest BCUT2D eigenvalue weighted by atomic mass is 19.1. The molecular formula is C16H17FN6. The van der Waals surface area contributed by atoms with Crippen molar-refractivity contribution < 1.29 is 4.39 Å². The number of halogens is 1. The van der Waals surface area contributed by atoms with Crippen LogP contribution in [0.5, 0.6) is 0 Å². The summed E-state index contributed by atoms with van der Waals surface area (Å²) in [5.41, 5.74) is 2.14. The number of imidazole rings is 1. The third-order valence-electron chi connectivity index (χ3n) is 4.08. The lowest BCUT2D eigenvalue weighted by Crippen LogP contribution is -2.16. The van der Waals surface area contributed by atoms with E-state index in [1.54, 1.807) is 18.5 Å². The minimum Gasteiger partial charge on any atom is -0.365 e. The third kappa shape index (κ3) is 2.94. The Morgan fingerprint density at radius 1 is 1.09 bits per heavy atom. The largest absolute Gasteiger partial charge is 0.365 e. The van der Waals surface area contributed by atoms with E-state index in [0.717, 1.165) is 29.9 Å². The van der Waals surface area contributed by atoms with Gasteiger partial charge >= 0.3 is 0 Å². The number of anilines is 3. The molecule has 1 aromatic carbocycles. The van der Waals surface area contributed by atoms with Crippen LogP contribution in [0.2, 0.25) is 0 Å². The number of H-pyrrole nitrogens is 1. The van der Waals surface area contributed by atoms with E-state index in [9.17, 15) is 4.39 Å². The molecule has 1 fully saturated rings. The maximum absolute atomic E-state index is 13.0. The first-order valence-corrected chi connectivity index (χ1v) is 7.78. The Bertz CT molecular complexity index is 807. The topological polar surface area (TPSA) is 78.5 Å². The van der Waals surface area contributed by atoms with Gasteiger partial charge in [-0.25, -0.2) is 9.37 Å². The summed E-state index contributed by atoms with van der Waals surface area (Å²) in [7, 11) is 0. The van der Waals surface area contributed by atoms with Crippen LogP contribution in [-0.4, -0.2) is 26.0 Å². The lowest BCUT2D eigenvalue weighted by molar-refractivity contribution is 0.628. The highest BCUT2D eigenvalue weighted by Gasteiger charge is 2.18. The Morgan fingerprint density at radius 3 is 2.65 bits per heavy atom. The standard InChI is InChI=1S/C16H17FN6/c17-10-5-7-12(8-6-10)21-16-22-14-13(18-9-19-14)15(23-16)20-11-3-1-2-4-11/h5-9,11H,1-4H2,(H3,18,19,20,21,22,23). The summed E-state index contributed by atoms with van der Waals surface area (Å²) in [5, 5.41) is 6.58. The van der Waals surface area contributed by atoms with Crippen LogP contribution < -0.4 is 10.6 Å². The molecule has 1 aliphatic carbocycles. The van der Waals surface area contributed by atoms with Crippen LogP contribution >= 0.6 is 0 Å². The first-order chi connectivity index (χ1) is 11.3. The molecule has 23 heavy (non-hydrogen) atoms. The SMILES string of the molecule is Fc1ccc(Nc2nc(NC3CCCC3)c3[nH]cnc3n2)cc1. The van der Waals surface area contributed by atoms with E-state index < -0.39 is 0 Å². The van der Waals surface area contributed by atoms with E-state index in [2.05, 4.69) is 30.6 Å². The van der Waals surface area contributed by atoms with Gasteiger partial charge < -0.3 is 15.6 Å². The van der Waals surface area contributed by atoms with E-state index in [1.807, 2.05) is 0 Å². The van der Waals surface area contributed by atoms with Crippen LogP contribution in [0.1, 0.15) is 25.7 Å². The van der Waals surface area contributed by atoms with Gasteiger partial charge in [-0.1, -0.05) is 12.8 Å². The quantitative estimate of drug-likeness (QED) is 0.686. The number of fused-ring (bicyclic) bond motifs is 1. The molecule has 0 radical (unpaired) electrons. The molecule has 6 nitrogen and oxygen atoms in total. The van der Waals surface area contributed by atoms with Crippen molar-refractivity contribution in [1.82, 2.24) is 19.9 Å². The summed E-state index contributed by atoms with van der Waals surface area (Å²) in [5.74, 6) is 0.920. The van der Waals surface area contributed by atoms with Crippen molar-refractivity contribution in [2.24, 2.45) is 0 Å². The lowest BCUT2D eigenvalue weighted by Gasteiger charge is -2.14. The fourth-order valence-corrected chi connectivity index (χ4v) is 2.92. The Labute approximate surface area is 132 Å². The first kappa shape index (κ1) is 13.9. The number of rotatable bonds is 4. The summed E-state index contributed by atoms with van der Waals surface area (Å²) in [6, 6.07) is 6.53. The maximum atomic E-state index is 13.0. The van der Waals surface area contributed by atoms with Crippen molar-refractivity contribution in [2.75, 3.05) is 10.6 Å². The number of benzene rings is 1. The number of nitrogens with zero attached hydrogens (tertiary/aromatic N) is 3. The van der Waals surface area contributed by atoms with Gasteiger partial charge in [0.1, 0.15) is 11.3 Å². The van der Waals surface area contributed by atoms with Gasteiger partial charge in [-0.2, -0.15) is 9.97 Å². The van der Waals surface area contributed by atoms with Gasteiger partial charge in [-0.15, -0.1) is 0 Å². The average molecular weight is 312 g/mol. The summed E-state index contributed by atoms with van der Waals surface area (Å²) < 4.78 is 13.0. The van der Waals surface area contributed by atoms with E-state index >= 15 is 0 Å². The smallest absolute Gasteiger partial charge is 0.231 e. The highest BCUT2D eigenvalue weighted by Crippen LogP contribution is 2.26. The normalized spacial score (nSPS) is 15.2. The van der Waals surface area contributed by atoms with Crippen LogP contribution in [0.25, 0.3) is 11.2 Å². The molecule has 0 spiro atoms. The van der Waals surface area contributed by atoms with Crippen molar-refractivity contribution in [3.05, 3.63) is 36.4 Å². The lowest BCUT2D eigenvalue weighted by atomic mass is 10.2. The van der Waals surface area contributed by atoms with Crippen LogP contribution in [0, 0.1) is 5.82 Å². The molecule has 0 bridgehead atoms. The Balaban J connectivity index is 1.65. The molecule has 1 aliphatic rings. The zero-order valence-electron chi connectivity index (χ0n) is 12.5. The molecule has 2 heterocycles. The zero-order valence-corrected chi connectivity index (χ0v) is 12.5. The van der Waals surface area contributed by atoms with Crippen molar-refractivity contribution >= 4 is 28.6 Å². The van der Waals surface area contributed by atoms with Gasteiger partial charge in [0.05, 0.1) is 6.33 Å². The molecule has 2 aromatic heterocycles. The minimum atomic E-state index is -0.275. The molecule has 0 aliphatic heterocycles. The maximum Gasteiger partial charge on any atom is 0.231 e. The zero-order chi connectivity index (χ0) is 15.6. The van der Waals surface area contributed by atoms with Crippen LogP contribution in [0.4, 0.5) is 21.8 Å². The summed E-state index contributed by atoms with van der Waals surface area (Å²) >= 11 is 0. The van der Waals surface area contributed by atoms with Gasteiger partial charge in [-0.05, 0) is 37.1 Å². The monoisotopic (exact) mass is 312 g/mol. The van der Waals surface area contributed by atoms with E-state index in [0.29, 0.717) is 17.6 Å². The Kier molecular flexibility index (Phi) is 3.53. The van der Waals surface area contributed by atoms with Gasteiger partial charge in [0, 0.05) is 11.7 Å². The molecule has 0 amide bonds. The van der Waals surface area contributed by atoms with E-state index in [4.69, 9.17) is 0 Å². The third-order valence-corrected chi connectivity index (χ3v) is 4.08. The average Bonchev–Trinajstić information content (AvgIpc) is 3.21. The second-order valence-electron chi connectivity index (χ2n) is 5.75. The fraction of sp³-hybridized carbons (Fsp3) is 0.312. The number of aromatic nitrogens is 4. The number of hydrogen-bond donors (Lipinski definition) is 3. The van der Waals surface area contributed by atoms with Crippen molar-refractivity contribution in [3.63, 3.8) is 0 Å². The molecule has 0 saturated heterocycles. The van der Waals surface area contributed by atoms with Gasteiger partial charge in [-0.3, -0.25) is 0 Å². The van der Waals surface area contributed by atoms with E-state index in [-0.39, 0.29) is 5.82 Å². The van der Waals surface area contributed by atoms with Crippen molar-refractivity contribution in [3.8, 4) is 0 Å². The fourth-order valence-electron chi connectivity index (χ4n) is 2.92. The predicted octanol–water partition coefficient (Wildman–Crippen LogP) is 3.59. The molecule has 3 aromatic rings. The molecular weight excluding hydrogens is 295 g/mol. The van der Waals surface area contributed by atoms with Gasteiger partial charge in [0.15, 0.2) is 11.5 Å². The van der Waals surface area contributed by atoms with Crippen LogP contribution in [-0.2, 0) is 0 Å². The van der Waals surface area contributed by atoms with E-state index in [1.165, 1.54) is 25.0 Å². The van der Waals surface area contributed by atoms with Crippen LogP contribution in [0.3, 0.4) is 0 Å². The second kappa shape index (κ2) is 5.83. The summed E-state index contributed by atoms with van der Waals surface area (Å²) in [4.78, 5) is 16.3. The highest BCUT2D eigenvalue weighted by molar-refractivity contribution is 5.84. The number of aromatic amines is 1. The van der Waals surface area contributed by atoms with Crippen molar-refractivity contribution in [1.29, 1.82) is 0 Å². The van der Waals surface area contributed by atoms with Crippen molar-refractivity contribution in [2.45, 2.75) is 31.7 Å². The molecule has 7 heteroatoms. The summed E-state index contributed by atoms with van der Waals surface area (Å²) in [6.07, 6.45) is 6.41. The number of hydrogen-bond acceptors (Lipinski definition) is 5. The van der Waals surface area contributed by atoms with Crippen LogP contribution in [0.15, 0.2) is 30.6 Å². The predicted molar refractivity (Wildman–Crippen MR) is 87.2 cm³/mol. The molecule has 4 rings (SSSR count). The first-order valence-electron chi connectivity index (χ1n) is 7.78. The Morgan fingerprint density at radius 2 is 1.87 bits per heavy atom. The Hall–Kier alpha value is -2.70. The molecule has 3 N–H and O–H groups in total. The van der Waals surface area contributed by atoms with Gasteiger partial charge in [0.25, 0.3) is 0 Å². The minimum absolute atomic E-state index is 0.275. The van der Waals surface area contributed by atoms with Gasteiger partial charge in [0.2, 0.25) is 5.95 Å². The molecule has 118 valence electrons. The second-order valence-corrected chi connectivity index (χ2v) is 5.75.